The maximum Gasteiger partial charge on any atom is 0.253 e. The number of anilines is 1. The van der Waals surface area contributed by atoms with Crippen molar-refractivity contribution in [1.29, 1.82) is 0 Å². The first-order valence-corrected chi connectivity index (χ1v) is 9.56. The van der Waals surface area contributed by atoms with Crippen molar-refractivity contribution in [3.8, 4) is 0 Å². The van der Waals surface area contributed by atoms with Gasteiger partial charge in [0.25, 0.3) is 5.91 Å². The van der Waals surface area contributed by atoms with Crippen LogP contribution in [0.1, 0.15) is 73.9 Å². The minimum Gasteiger partial charge on any atom is -0.336 e. The van der Waals surface area contributed by atoms with Crippen LogP contribution in [0.5, 0.6) is 0 Å². The minimum atomic E-state index is 0.0122. The fourth-order valence-electron chi connectivity index (χ4n) is 3.85. The highest BCUT2D eigenvalue weighted by Crippen LogP contribution is 2.29. The Bertz CT molecular complexity index is 752. The summed E-state index contributed by atoms with van der Waals surface area (Å²) in [6.45, 7) is 9.52. The number of hydrogen-bond acceptors (Lipinski definition) is 3. The molecule has 1 aliphatic rings. The van der Waals surface area contributed by atoms with E-state index in [2.05, 4.69) is 61.1 Å². The fourth-order valence-corrected chi connectivity index (χ4v) is 3.85. The predicted molar refractivity (Wildman–Crippen MR) is 106 cm³/mol. The first kappa shape index (κ1) is 18.5. The van der Waals surface area contributed by atoms with E-state index >= 15 is 0 Å². The number of hydrogen-bond donors (Lipinski definition) is 1. The summed E-state index contributed by atoms with van der Waals surface area (Å²) in [7, 11) is 1.99. The lowest BCUT2D eigenvalue weighted by Gasteiger charge is -2.28. The normalized spacial score (nSPS) is 17.3. The number of aryl methyl sites for hydroxylation is 1. The SMILES string of the molecule is CC(C)c1cccc(C(C)C)c1C(=O)NC1CCCN1c1cncn1C. The molecule has 1 N–H and O–H groups in total. The van der Waals surface area contributed by atoms with E-state index in [1.165, 1.54) is 0 Å². The van der Waals surface area contributed by atoms with Crippen LogP contribution in [-0.4, -0.2) is 28.2 Å². The molecule has 1 aliphatic heterocycles. The van der Waals surface area contributed by atoms with Crippen molar-refractivity contribution in [2.45, 2.75) is 58.5 Å². The highest BCUT2D eigenvalue weighted by atomic mass is 16.1. The highest BCUT2D eigenvalue weighted by molar-refractivity contribution is 5.98. The van der Waals surface area contributed by atoms with Crippen LogP contribution in [0.25, 0.3) is 0 Å². The highest BCUT2D eigenvalue weighted by Gasteiger charge is 2.29. The second-order valence-electron chi connectivity index (χ2n) is 7.81. The van der Waals surface area contributed by atoms with E-state index in [-0.39, 0.29) is 12.1 Å². The maximum atomic E-state index is 13.3. The van der Waals surface area contributed by atoms with Gasteiger partial charge in [0.2, 0.25) is 0 Å². The molecule has 0 spiro atoms. The molecule has 3 rings (SSSR count). The summed E-state index contributed by atoms with van der Waals surface area (Å²) in [6, 6.07) is 6.23. The second kappa shape index (κ2) is 7.52. The lowest BCUT2D eigenvalue weighted by molar-refractivity contribution is 0.0935. The topological polar surface area (TPSA) is 50.2 Å². The van der Waals surface area contributed by atoms with Crippen LogP contribution in [0.3, 0.4) is 0 Å². The molecule has 2 aromatic rings. The standard InChI is InChI=1S/C21H30N4O/c1-14(2)16-8-6-9-17(15(3)4)20(16)21(26)23-18-10-7-11-25(18)19-12-22-13-24(19)5/h6,8-9,12-15,18H,7,10-11H2,1-5H3,(H,23,26). The number of aromatic nitrogens is 2. The molecule has 1 amide bonds. The smallest absolute Gasteiger partial charge is 0.253 e. The van der Waals surface area contributed by atoms with E-state index in [0.717, 1.165) is 41.9 Å². The predicted octanol–water partition coefficient (Wildman–Crippen LogP) is 4.02. The van der Waals surface area contributed by atoms with Crippen LogP contribution >= 0.6 is 0 Å². The molecular weight excluding hydrogens is 324 g/mol. The Morgan fingerprint density at radius 2 is 1.85 bits per heavy atom. The van der Waals surface area contributed by atoms with E-state index in [4.69, 9.17) is 0 Å². The van der Waals surface area contributed by atoms with Gasteiger partial charge in [-0.05, 0) is 35.8 Å². The van der Waals surface area contributed by atoms with Gasteiger partial charge in [-0.15, -0.1) is 0 Å². The van der Waals surface area contributed by atoms with Crippen LogP contribution in [0.2, 0.25) is 0 Å². The number of nitrogens with one attached hydrogen (secondary N) is 1. The van der Waals surface area contributed by atoms with Gasteiger partial charge >= 0.3 is 0 Å². The quantitative estimate of drug-likeness (QED) is 0.882. The average Bonchev–Trinajstić information content (AvgIpc) is 3.22. The Balaban J connectivity index is 1.89. The lowest BCUT2D eigenvalue weighted by atomic mass is 9.88. The van der Waals surface area contributed by atoms with E-state index in [1.807, 2.05) is 17.8 Å². The number of nitrogens with zero attached hydrogens (tertiary/aromatic N) is 3. The Labute approximate surface area is 156 Å². The summed E-state index contributed by atoms with van der Waals surface area (Å²) in [5.74, 6) is 1.71. The molecule has 1 saturated heterocycles. The zero-order valence-electron chi connectivity index (χ0n) is 16.5. The van der Waals surface area contributed by atoms with Gasteiger partial charge in [0, 0.05) is 19.2 Å². The third-order valence-corrected chi connectivity index (χ3v) is 5.24. The van der Waals surface area contributed by atoms with Crippen molar-refractivity contribution in [3.05, 3.63) is 47.4 Å². The molecule has 1 atom stereocenters. The van der Waals surface area contributed by atoms with Crippen LogP contribution < -0.4 is 10.2 Å². The van der Waals surface area contributed by atoms with Crippen LogP contribution in [-0.2, 0) is 7.05 Å². The van der Waals surface area contributed by atoms with Crippen molar-refractivity contribution in [1.82, 2.24) is 14.9 Å². The molecule has 0 saturated carbocycles. The molecule has 1 unspecified atom stereocenters. The Hall–Kier alpha value is -2.30. The van der Waals surface area contributed by atoms with Gasteiger partial charge in [-0.3, -0.25) is 4.79 Å². The molecule has 1 aromatic carbocycles. The number of amides is 1. The summed E-state index contributed by atoms with van der Waals surface area (Å²) in [4.78, 5) is 19.8. The molecule has 140 valence electrons. The van der Waals surface area contributed by atoms with Crippen LogP contribution in [0.15, 0.2) is 30.7 Å². The number of carbonyl (C=O) groups is 1. The fraction of sp³-hybridized carbons (Fsp3) is 0.524. The summed E-state index contributed by atoms with van der Waals surface area (Å²) < 4.78 is 2.01. The Morgan fingerprint density at radius 3 is 2.38 bits per heavy atom. The monoisotopic (exact) mass is 354 g/mol. The van der Waals surface area contributed by atoms with Gasteiger partial charge in [-0.25, -0.2) is 4.98 Å². The summed E-state index contributed by atoms with van der Waals surface area (Å²) in [5.41, 5.74) is 3.10. The third kappa shape index (κ3) is 3.48. The third-order valence-electron chi connectivity index (χ3n) is 5.24. The molecule has 2 heterocycles. The second-order valence-corrected chi connectivity index (χ2v) is 7.81. The first-order valence-electron chi connectivity index (χ1n) is 9.56. The summed E-state index contributed by atoms with van der Waals surface area (Å²) in [6.07, 6.45) is 5.71. The van der Waals surface area contributed by atoms with E-state index < -0.39 is 0 Å². The zero-order valence-corrected chi connectivity index (χ0v) is 16.5. The molecule has 5 nitrogen and oxygen atoms in total. The Kier molecular flexibility index (Phi) is 5.35. The van der Waals surface area contributed by atoms with E-state index in [1.54, 1.807) is 6.33 Å². The molecule has 0 radical (unpaired) electrons. The van der Waals surface area contributed by atoms with Gasteiger partial charge in [-0.1, -0.05) is 45.9 Å². The molecule has 5 heteroatoms. The van der Waals surface area contributed by atoms with Crippen molar-refractivity contribution in [3.63, 3.8) is 0 Å². The molecule has 0 aliphatic carbocycles. The van der Waals surface area contributed by atoms with Gasteiger partial charge < -0.3 is 14.8 Å². The van der Waals surface area contributed by atoms with Crippen LogP contribution in [0, 0.1) is 0 Å². The Morgan fingerprint density at radius 1 is 1.19 bits per heavy atom. The van der Waals surface area contributed by atoms with E-state index in [9.17, 15) is 4.79 Å². The van der Waals surface area contributed by atoms with Gasteiger partial charge in [-0.2, -0.15) is 0 Å². The summed E-state index contributed by atoms with van der Waals surface area (Å²) in [5, 5.41) is 3.30. The average molecular weight is 354 g/mol. The zero-order chi connectivity index (χ0) is 18.8. The number of carbonyl (C=O) groups excluding carboxylic acids is 1. The first-order chi connectivity index (χ1) is 12.4. The van der Waals surface area contributed by atoms with Gasteiger partial charge in [0.1, 0.15) is 12.0 Å². The number of rotatable bonds is 5. The van der Waals surface area contributed by atoms with Crippen molar-refractivity contribution in [2.75, 3.05) is 11.4 Å². The van der Waals surface area contributed by atoms with Gasteiger partial charge in [0.15, 0.2) is 0 Å². The molecular formula is C21H30N4O. The van der Waals surface area contributed by atoms with Crippen LogP contribution in [0.4, 0.5) is 5.82 Å². The maximum absolute atomic E-state index is 13.3. The molecule has 26 heavy (non-hydrogen) atoms. The van der Waals surface area contributed by atoms with Crippen molar-refractivity contribution in [2.24, 2.45) is 7.05 Å². The lowest BCUT2D eigenvalue weighted by Crippen LogP contribution is -2.45. The minimum absolute atomic E-state index is 0.0122. The molecule has 0 bridgehead atoms. The largest absolute Gasteiger partial charge is 0.336 e. The molecule has 1 fully saturated rings. The number of imidazole rings is 1. The summed E-state index contributed by atoms with van der Waals surface area (Å²) >= 11 is 0. The van der Waals surface area contributed by atoms with Crippen molar-refractivity contribution >= 4 is 11.7 Å². The van der Waals surface area contributed by atoms with Gasteiger partial charge in [0.05, 0.1) is 12.5 Å². The van der Waals surface area contributed by atoms with E-state index in [0.29, 0.717) is 11.8 Å². The number of benzene rings is 1. The molecule has 1 aromatic heterocycles. The van der Waals surface area contributed by atoms with Crippen molar-refractivity contribution < 1.29 is 4.79 Å².